The number of ketones is 1. The Balaban J connectivity index is 2.52. The Labute approximate surface area is 97.4 Å². The lowest BCUT2D eigenvalue weighted by atomic mass is 10.2. The first-order chi connectivity index (χ1) is 6.99. The minimum atomic E-state index is -0.250. The maximum absolute atomic E-state index is 11.3. The number of halogens is 1. The fourth-order valence-electron chi connectivity index (χ4n) is 1.15. The van der Waals surface area contributed by atoms with Gasteiger partial charge in [0.15, 0.2) is 0 Å². The number of hydrogen-bond acceptors (Lipinski definition) is 3. The molecule has 1 rings (SSSR count). The van der Waals surface area contributed by atoms with Gasteiger partial charge >= 0.3 is 0 Å². The summed E-state index contributed by atoms with van der Waals surface area (Å²) in [7, 11) is 0. The second kappa shape index (κ2) is 5.28. The van der Waals surface area contributed by atoms with Gasteiger partial charge in [0.25, 0.3) is 0 Å². The molecule has 1 unspecified atom stereocenters. The van der Waals surface area contributed by atoms with E-state index in [0.717, 1.165) is 4.88 Å². The van der Waals surface area contributed by atoms with Crippen molar-refractivity contribution in [2.45, 2.75) is 26.3 Å². The predicted octanol–water partition coefficient (Wildman–Crippen LogP) is 2.56. The van der Waals surface area contributed by atoms with E-state index in [1.807, 2.05) is 13.0 Å². The lowest BCUT2D eigenvalue weighted by molar-refractivity contribution is -0.127. The second-order valence-corrected chi connectivity index (χ2v) is 5.06. The van der Waals surface area contributed by atoms with Crippen molar-refractivity contribution in [3.8, 4) is 0 Å². The first kappa shape index (κ1) is 12.2. The highest BCUT2D eigenvalue weighted by molar-refractivity contribution is 7.16. The first-order valence-electron chi connectivity index (χ1n) is 4.53. The van der Waals surface area contributed by atoms with Crippen LogP contribution in [0.1, 0.15) is 31.2 Å². The molecule has 1 atom stereocenters. The molecule has 0 spiro atoms. The number of hydrogen-bond donors (Lipinski definition) is 1. The van der Waals surface area contributed by atoms with E-state index in [2.05, 4.69) is 5.32 Å². The average molecular weight is 246 g/mol. The number of carbonyl (C=O) groups is 2. The molecule has 0 aliphatic carbocycles. The van der Waals surface area contributed by atoms with Gasteiger partial charge in [-0.25, -0.2) is 0 Å². The molecule has 82 valence electrons. The SMILES string of the molecule is CC(=O)CC(=O)NC(C)c1ccc(Cl)s1. The molecule has 0 aliphatic rings. The number of thiophene rings is 1. The van der Waals surface area contributed by atoms with Gasteiger partial charge in [-0.05, 0) is 26.0 Å². The molecule has 1 N–H and O–H groups in total. The molecule has 0 aromatic carbocycles. The van der Waals surface area contributed by atoms with Crippen molar-refractivity contribution in [3.63, 3.8) is 0 Å². The quantitative estimate of drug-likeness (QED) is 0.829. The monoisotopic (exact) mass is 245 g/mol. The first-order valence-corrected chi connectivity index (χ1v) is 5.72. The summed E-state index contributed by atoms with van der Waals surface area (Å²) in [6, 6.07) is 3.55. The Bertz CT molecular complexity index is 375. The number of rotatable bonds is 4. The van der Waals surface area contributed by atoms with Gasteiger partial charge < -0.3 is 5.32 Å². The van der Waals surface area contributed by atoms with Crippen LogP contribution in [-0.2, 0) is 9.59 Å². The fourth-order valence-corrected chi connectivity index (χ4v) is 2.21. The van der Waals surface area contributed by atoms with Crippen molar-refractivity contribution in [2.24, 2.45) is 0 Å². The smallest absolute Gasteiger partial charge is 0.227 e. The molecule has 0 saturated carbocycles. The van der Waals surface area contributed by atoms with Crippen LogP contribution in [0.3, 0.4) is 0 Å². The van der Waals surface area contributed by atoms with E-state index in [0.29, 0.717) is 4.34 Å². The summed E-state index contributed by atoms with van der Waals surface area (Å²) >= 11 is 7.20. The zero-order chi connectivity index (χ0) is 11.4. The van der Waals surface area contributed by atoms with Crippen molar-refractivity contribution >= 4 is 34.6 Å². The average Bonchev–Trinajstić information content (AvgIpc) is 2.49. The maximum Gasteiger partial charge on any atom is 0.227 e. The van der Waals surface area contributed by atoms with Crippen molar-refractivity contribution < 1.29 is 9.59 Å². The molecule has 0 saturated heterocycles. The van der Waals surface area contributed by atoms with Crippen molar-refractivity contribution in [2.75, 3.05) is 0 Å². The largest absolute Gasteiger partial charge is 0.348 e. The van der Waals surface area contributed by atoms with Crippen LogP contribution in [-0.4, -0.2) is 11.7 Å². The third-order valence-corrected chi connectivity index (χ3v) is 3.22. The Morgan fingerprint density at radius 2 is 2.20 bits per heavy atom. The van der Waals surface area contributed by atoms with Gasteiger partial charge in [-0.2, -0.15) is 0 Å². The highest BCUT2D eigenvalue weighted by Gasteiger charge is 2.12. The van der Waals surface area contributed by atoms with Crippen molar-refractivity contribution in [3.05, 3.63) is 21.3 Å². The molecular weight excluding hydrogens is 234 g/mol. The van der Waals surface area contributed by atoms with Crippen LogP contribution < -0.4 is 5.32 Å². The van der Waals surface area contributed by atoms with E-state index in [4.69, 9.17) is 11.6 Å². The molecule has 5 heteroatoms. The number of carbonyl (C=O) groups excluding carboxylic acids is 2. The summed E-state index contributed by atoms with van der Waals surface area (Å²) in [5, 5.41) is 2.73. The zero-order valence-corrected chi connectivity index (χ0v) is 10.1. The minimum absolute atomic E-state index is 0.0660. The lowest BCUT2D eigenvalue weighted by Crippen LogP contribution is -2.27. The molecule has 1 amide bonds. The van der Waals surface area contributed by atoms with Gasteiger partial charge in [-0.3, -0.25) is 9.59 Å². The normalized spacial score (nSPS) is 12.2. The van der Waals surface area contributed by atoms with Gasteiger partial charge in [0, 0.05) is 4.88 Å². The number of nitrogens with one attached hydrogen (secondary N) is 1. The second-order valence-electron chi connectivity index (χ2n) is 3.31. The molecule has 1 aromatic rings. The summed E-state index contributed by atoms with van der Waals surface area (Å²) < 4.78 is 0.692. The van der Waals surface area contributed by atoms with E-state index in [1.54, 1.807) is 6.07 Å². The molecule has 3 nitrogen and oxygen atoms in total. The van der Waals surface area contributed by atoms with Crippen molar-refractivity contribution in [1.82, 2.24) is 5.32 Å². The molecule has 0 aliphatic heterocycles. The third-order valence-electron chi connectivity index (χ3n) is 1.81. The molecule has 0 radical (unpaired) electrons. The van der Waals surface area contributed by atoms with Crippen LogP contribution in [0.2, 0.25) is 4.34 Å². The van der Waals surface area contributed by atoms with Crippen LogP contribution >= 0.6 is 22.9 Å². The van der Waals surface area contributed by atoms with Crippen LogP contribution in [0.5, 0.6) is 0 Å². The Kier molecular flexibility index (Phi) is 4.29. The van der Waals surface area contributed by atoms with Gasteiger partial charge in [0.1, 0.15) is 5.78 Å². The van der Waals surface area contributed by atoms with Gasteiger partial charge in [-0.15, -0.1) is 11.3 Å². The van der Waals surface area contributed by atoms with Gasteiger partial charge in [-0.1, -0.05) is 11.6 Å². The molecule has 15 heavy (non-hydrogen) atoms. The summed E-state index contributed by atoms with van der Waals surface area (Å²) in [6.45, 7) is 3.26. The molecule has 1 heterocycles. The highest BCUT2D eigenvalue weighted by atomic mass is 35.5. The molecule has 0 bridgehead atoms. The Morgan fingerprint density at radius 3 is 2.67 bits per heavy atom. The topological polar surface area (TPSA) is 46.2 Å². The summed E-state index contributed by atoms with van der Waals surface area (Å²) in [5.41, 5.74) is 0. The van der Waals surface area contributed by atoms with Gasteiger partial charge in [0.2, 0.25) is 5.91 Å². The highest BCUT2D eigenvalue weighted by Crippen LogP contribution is 2.26. The molecular formula is C10H12ClNO2S. The summed E-state index contributed by atoms with van der Waals surface area (Å²) in [5.74, 6) is -0.386. The number of Topliss-reactive ketones (excluding diaryl/α,β-unsaturated/α-hetero) is 1. The zero-order valence-electron chi connectivity index (χ0n) is 8.54. The lowest BCUT2D eigenvalue weighted by Gasteiger charge is -2.10. The van der Waals surface area contributed by atoms with E-state index in [-0.39, 0.29) is 24.2 Å². The fraction of sp³-hybridized carbons (Fsp3) is 0.400. The standard InChI is InChI=1S/C10H12ClNO2S/c1-6(13)5-10(14)12-7(2)8-3-4-9(11)15-8/h3-4,7H,5H2,1-2H3,(H,12,14). The Hall–Kier alpha value is -0.870. The third kappa shape index (κ3) is 4.01. The number of amides is 1. The molecule has 0 fully saturated rings. The van der Waals surface area contributed by atoms with Crippen LogP contribution in [0.15, 0.2) is 12.1 Å². The van der Waals surface area contributed by atoms with Gasteiger partial charge in [0.05, 0.1) is 16.8 Å². The van der Waals surface area contributed by atoms with E-state index in [9.17, 15) is 9.59 Å². The molecule has 1 aromatic heterocycles. The van der Waals surface area contributed by atoms with Crippen LogP contribution in [0.25, 0.3) is 0 Å². The predicted molar refractivity (Wildman–Crippen MR) is 61.2 cm³/mol. The van der Waals surface area contributed by atoms with Crippen molar-refractivity contribution in [1.29, 1.82) is 0 Å². The van der Waals surface area contributed by atoms with Crippen LogP contribution in [0, 0.1) is 0 Å². The van der Waals surface area contributed by atoms with E-state index in [1.165, 1.54) is 18.3 Å². The maximum atomic E-state index is 11.3. The summed E-state index contributed by atoms with van der Waals surface area (Å²) in [4.78, 5) is 23.0. The minimum Gasteiger partial charge on any atom is -0.348 e. The van der Waals surface area contributed by atoms with E-state index >= 15 is 0 Å². The van der Waals surface area contributed by atoms with E-state index < -0.39 is 0 Å². The van der Waals surface area contributed by atoms with Crippen LogP contribution in [0.4, 0.5) is 0 Å². The Morgan fingerprint density at radius 1 is 1.53 bits per heavy atom. The summed E-state index contributed by atoms with van der Waals surface area (Å²) in [6.07, 6.45) is -0.0660.